The molecule has 1 aliphatic heterocycles. The van der Waals surface area contributed by atoms with E-state index in [4.69, 9.17) is 14.6 Å². The molecule has 2 N–H and O–H groups in total. The number of ether oxygens (including phenoxy) is 2. The minimum atomic E-state index is -0.217. The molecule has 1 aliphatic rings. The van der Waals surface area contributed by atoms with Crippen LogP contribution in [0.1, 0.15) is 43.5 Å². The molecule has 0 atom stereocenters. The number of likely N-dealkylation sites (tertiary alicyclic amines) is 1. The van der Waals surface area contributed by atoms with Gasteiger partial charge < -0.3 is 24.8 Å². The second-order valence-corrected chi connectivity index (χ2v) is 8.44. The van der Waals surface area contributed by atoms with E-state index in [1.807, 2.05) is 38.1 Å². The average Bonchev–Trinajstić information content (AvgIpc) is 2.83. The maximum atomic E-state index is 12.0. The zero-order valence-electron chi connectivity index (χ0n) is 19.3. The smallest absolute Gasteiger partial charge is 0.410 e. The Kier molecular flexibility index (Phi) is 9.06. The Labute approximate surface area is 194 Å². The molecule has 0 bridgehead atoms. The molecule has 1 fully saturated rings. The van der Waals surface area contributed by atoms with Gasteiger partial charge in [-0.2, -0.15) is 0 Å². The third kappa shape index (κ3) is 7.46. The van der Waals surface area contributed by atoms with Crippen molar-refractivity contribution in [1.82, 2.24) is 15.2 Å². The summed E-state index contributed by atoms with van der Waals surface area (Å²) in [5.74, 6) is 1.04. The fraction of sp³-hybridized carbons (Fsp3) is 0.480. The van der Waals surface area contributed by atoms with E-state index in [1.165, 1.54) is 0 Å². The van der Waals surface area contributed by atoms with Crippen molar-refractivity contribution in [3.63, 3.8) is 0 Å². The van der Waals surface area contributed by atoms with E-state index in [0.29, 0.717) is 18.1 Å². The van der Waals surface area contributed by atoms with Gasteiger partial charge in [0, 0.05) is 30.8 Å². The van der Waals surface area contributed by atoms with Crippen molar-refractivity contribution < 1.29 is 24.2 Å². The van der Waals surface area contributed by atoms with Crippen LogP contribution in [0.2, 0.25) is 0 Å². The van der Waals surface area contributed by atoms with Gasteiger partial charge in [-0.1, -0.05) is 12.1 Å². The highest BCUT2D eigenvalue weighted by Crippen LogP contribution is 2.23. The zero-order chi connectivity index (χ0) is 23.6. The number of pyridine rings is 1. The summed E-state index contributed by atoms with van der Waals surface area (Å²) in [6.45, 7) is 5.94. The van der Waals surface area contributed by atoms with Gasteiger partial charge in [-0.3, -0.25) is 9.78 Å². The van der Waals surface area contributed by atoms with Crippen LogP contribution in [-0.2, 0) is 4.74 Å². The molecule has 0 spiro atoms. The van der Waals surface area contributed by atoms with Gasteiger partial charge in [-0.15, -0.1) is 0 Å². The molecule has 2 amide bonds. The van der Waals surface area contributed by atoms with E-state index in [0.717, 1.165) is 49.4 Å². The number of hydrogen-bond acceptors (Lipinski definition) is 6. The number of amides is 2. The first-order valence-electron chi connectivity index (χ1n) is 11.5. The first-order valence-corrected chi connectivity index (χ1v) is 11.5. The van der Waals surface area contributed by atoms with E-state index in [-0.39, 0.29) is 31.3 Å². The number of aromatic nitrogens is 1. The molecule has 2 aromatic rings. The monoisotopic (exact) mass is 455 g/mol. The van der Waals surface area contributed by atoms with Crippen LogP contribution in [0.5, 0.6) is 5.75 Å². The van der Waals surface area contributed by atoms with Crippen LogP contribution in [0.25, 0.3) is 11.3 Å². The number of rotatable bonds is 9. The Morgan fingerprint density at radius 2 is 1.88 bits per heavy atom. The van der Waals surface area contributed by atoms with Crippen molar-refractivity contribution in [2.75, 3.05) is 32.8 Å². The van der Waals surface area contributed by atoms with E-state index in [1.54, 1.807) is 23.2 Å². The number of piperidine rings is 1. The van der Waals surface area contributed by atoms with Gasteiger partial charge in [0.05, 0.1) is 31.2 Å². The predicted molar refractivity (Wildman–Crippen MR) is 125 cm³/mol. The Morgan fingerprint density at radius 3 is 2.48 bits per heavy atom. The van der Waals surface area contributed by atoms with E-state index >= 15 is 0 Å². The first kappa shape index (κ1) is 24.5. The second-order valence-electron chi connectivity index (χ2n) is 8.44. The minimum absolute atomic E-state index is 0.0870. The van der Waals surface area contributed by atoms with E-state index in [9.17, 15) is 9.59 Å². The number of nitrogens with one attached hydrogen (secondary N) is 1. The van der Waals surface area contributed by atoms with Gasteiger partial charge >= 0.3 is 6.09 Å². The molecule has 1 aromatic carbocycles. The Hall–Kier alpha value is -3.13. The second kappa shape index (κ2) is 12.2. The summed E-state index contributed by atoms with van der Waals surface area (Å²) in [6.07, 6.45) is 4.26. The third-order valence-electron chi connectivity index (χ3n) is 5.58. The summed E-state index contributed by atoms with van der Waals surface area (Å²) in [5, 5.41) is 11.4. The van der Waals surface area contributed by atoms with Gasteiger partial charge in [-0.25, -0.2) is 4.79 Å². The lowest BCUT2D eigenvalue weighted by Gasteiger charge is -2.31. The van der Waals surface area contributed by atoms with Gasteiger partial charge in [0.2, 0.25) is 0 Å². The molecule has 1 aromatic heterocycles. The number of hydrogen-bond donors (Lipinski definition) is 2. The first-order chi connectivity index (χ1) is 16.0. The van der Waals surface area contributed by atoms with Gasteiger partial charge in [0.25, 0.3) is 5.91 Å². The lowest BCUT2D eigenvalue weighted by atomic mass is 9.94. The molecule has 0 saturated carbocycles. The molecule has 0 radical (unpaired) electrons. The topological polar surface area (TPSA) is 101 Å². The molecule has 8 nitrogen and oxygen atoms in total. The Bertz CT molecular complexity index is 891. The maximum absolute atomic E-state index is 12.0. The lowest BCUT2D eigenvalue weighted by molar-refractivity contribution is 0.0637. The zero-order valence-corrected chi connectivity index (χ0v) is 19.3. The molecule has 1 saturated heterocycles. The molecule has 8 heteroatoms. The number of aliphatic hydroxyl groups excluding tert-OH is 1. The fourth-order valence-electron chi connectivity index (χ4n) is 3.72. The number of nitrogens with zero attached hydrogens (tertiary/aromatic N) is 2. The summed E-state index contributed by atoms with van der Waals surface area (Å²) >= 11 is 0. The SMILES string of the molecule is CC(C)OC(=O)N1CCC(CCOc2ccc(-c3ccc(C(=O)NCCO)cc3)nc2)CC1. The third-order valence-corrected chi connectivity index (χ3v) is 5.58. The summed E-state index contributed by atoms with van der Waals surface area (Å²) < 4.78 is 11.1. The van der Waals surface area contributed by atoms with Crippen LogP contribution in [0.3, 0.4) is 0 Å². The summed E-state index contributed by atoms with van der Waals surface area (Å²) in [5.41, 5.74) is 2.24. The lowest BCUT2D eigenvalue weighted by Crippen LogP contribution is -2.39. The van der Waals surface area contributed by atoms with E-state index in [2.05, 4.69) is 10.3 Å². The quantitative estimate of drug-likeness (QED) is 0.600. The van der Waals surface area contributed by atoms with Gasteiger partial charge in [-0.05, 0) is 63.3 Å². The standard InChI is InChI=1S/C25H33N3O5/c1-18(2)33-25(31)28-13-9-19(10-14-28)11-16-32-22-7-8-23(27-17-22)20-3-5-21(6-4-20)24(30)26-12-15-29/h3-8,17-19,29H,9-16H2,1-2H3,(H,26,30). The molecule has 178 valence electrons. The van der Waals surface area contributed by atoms with Crippen LogP contribution >= 0.6 is 0 Å². The molecule has 0 aliphatic carbocycles. The molecular weight excluding hydrogens is 422 g/mol. The van der Waals surface area contributed by atoms with Crippen molar-refractivity contribution in [2.45, 2.75) is 39.2 Å². The highest BCUT2D eigenvalue weighted by Gasteiger charge is 2.24. The van der Waals surface area contributed by atoms with Crippen LogP contribution in [-0.4, -0.2) is 65.9 Å². The van der Waals surface area contributed by atoms with Crippen molar-refractivity contribution in [1.29, 1.82) is 0 Å². The molecule has 33 heavy (non-hydrogen) atoms. The average molecular weight is 456 g/mol. The van der Waals surface area contributed by atoms with Crippen LogP contribution in [0.4, 0.5) is 4.79 Å². The molecule has 0 unspecified atom stereocenters. The van der Waals surface area contributed by atoms with Crippen molar-refractivity contribution in [3.8, 4) is 17.0 Å². The van der Waals surface area contributed by atoms with Crippen molar-refractivity contribution >= 4 is 12.0 Å². The highest BCUT2D eigenvalue weighted by molar-refractivity contribution is 5.94. The highest BCUT2D eigenvalue weighted by atomic mass is 16.6. The minimum Gasteiger partial charge on any atom is -0.492 e. The van der Waals surface area contributed by atoms with Crippen LogP contribution < -0.4 is 10.1 Å². The number of benzene rings is 1. The maximum Gasteiger partial charge on any atom is 0.410 e. The Balaban J connectivity index is 1.41. The van der Waals surface area contributed by atoms with Crippen molar-refractivity contribution in [3.05, 3.63) is 48.2 Å². The summed E-state index contributed by atoms with van der Waals surface area (Å²) in [7, 11) is 0. The fourth-order valence-corrected chi connectivity index (χ4v) is 3.72. The molecule has 2 heterocycles. The Morgan fingerprint density at radius 1 is 1.15 bits per heavy atom. The molecular formula is C25H33N3O5. The molecule has 3 rings (SSSR count). The largest absolute Gasteiger partial charge is 0.492 e. The van der Waals surface area contributed by atoms with E-state index < -0.39 is 0 Å². The summed E-state index contributed by atoms with van der Waals surface area (Å²) in [4.78, 5) is 30.2. The number of carbonyl (C=O) groups is 2. The summed E-state index contributed by atoms with van der Waals surface area (Å²) in [6, 6.07) is 11.0. The number of aliphatic hydroxyl groups is 1. The van der Waals surface area contributed by atoms with Crippen LogP contribution in [0, 0.1) is 5.92 Å². The van der Waals surface area contributed by atoms with Crippen LogP contribution in [0.15, 0.2) is 42.6 Å². The van der Waals surface area contributed by atoms with Gasteiger partial charge in [0.1, 0.15) is 5.75 Å². The number of carbonyl (C=O) groups excluding carboxylic acids is 2. The van der Waals surface area contributed by atoms with Crippen molar-refractivity contribution in [2.24, 2.45) is 5.92 Å². The normalized spacial score (nSPS) is 14.2. The van der Waals surface area contributed by atoms with Gasteiger partial charge in [0.15, 0.2) is 0 Å². The predicted octanol–water partition coefficient (Wildman–Crippen LogP) is 3.50.